The normalized spacial score (nSPS) is 18.9. The van der Waals surface area contributed by atoms with Gasteiger partial charge in [-0.25, -0.2) is 13.1 Å². The zero-order valence-electron chi connectivity index (χ0n) is 12.6. The van der Waals surface area contributed by atoms with Crippen LogP contribution in [0.5, 0.6) is 0 Å². The summed E-state index contributed by atoms with van der Waals surface area (Å²) in [6, 6.07) is 1.70. The number of hydrogen-bond donors (Lipinski definition) is 1. The van der Waals surface area contributed by atoms with E-state index in [0.717, 1.165) is 6.42 Å². The molecule has 0 aromatic carbocycles. The van der Waals surface area contributed by atoms with Crippen LogP contribution in [0.15, 0.2) is 40.6 Å². The standard InChI is InChI=1S/C14H17N5O3S/c1-2-7-19-12(5-6-15-19)16-14(20)11-4-3-8-18-9-10-23(21,22)17-13(11)18/h3-6,8H,2,7,9-10H2,1H3,(H,16,20). The lowest BCUT2D eigenvalue weighted by Crippen LogP contribution is -2.41. The van der Waals surface area contributed by atoms with Crippen molar-refractivity contribution in [2.45, 2.75) is 19.9 Å². The summed E-state index contributed by atoms with van der Waals surface area (Å²) in [5.41, 5.74) is 0.222. The number of rotatable bonds is 4. The average Bonchev–Trinajstić information content (AvgIpc) is 2.93. The first-order chi connectivity index (χ1) is 11.0. The molecule has 122 valence electrons. The number of hydrogen-bond acceptors (Lipinski definition) is 5. The van der Waals surface area contributed by atoms with Gasteiger partial charge in [0.25, 0.3) is 15.9 Å². The first-order valence-corrected chi connectivity index (χ1v) is 8.92. The van der Waals surface area contributed by atoms with Crippen molar-refractivity contribution in [1.29, 1.82) is 0 Å². The summed E-state index contributed by atoms with van der Waals surface area (Å²) < 4.78 is 28.9. The van der Waals surface area contributed by atoms with Crippen LogP contribution < -0.4 is 5.32 Å². The third-order valence-electron chi connectivity index (χ3n) is 3.50. The molecule has 1 N–H and O–H groups in total. The molecule has 0 fully saturated rings. The second-order valence-electron chi connectivity index (χ2n) is 5.21. The van der Waals surface area contributed by atoms with Crippen molar-refractivity contribution in [2.24, 2.45) is 4.40 Å². The minimum atomic E-state index is -3.52. The Kier molecular flexibility index (Phi) is 4.03. The molecule has 1 aromatic rings. The van der Waals surface area contributed by atoms with Crippen molar-refractivity contribution in [1.82, 2.24) is 14.7 Å². The zero-order valence-corrected chi connectivity index (χ0v) is 13.5. The zero-order chi connectivity index (χ0) is 16.4. The Hall–Kier alpha value is -2.42. The highest BCUT2D eigenvalue weighted by Crippen LogP contribution is 2.19. The van der Waals surface area contributed by atoms with Crippen LogP contribution in [0.2, 0.25) is 0 Å². The van der Waals surface area contributed by atoms with E-state index in [2.05, 4.69) is 14.8 Å². The highest BCUT2D eigenvalue weighted by Gasteiger charge is 2.30. The molecule has 0 saturated heterocycles. The Morgan fingerprint density at radius 3 is 3.04 bits per heavy atom. The fourth-order valence-electron chi connectivity index (χ4n) is 2.41. The summed E-state index contributed by atoms with van der Waals surface area (Å²) in [7, 11) is -3.52. The lowest BCUT2D eigenvalue weighted by Gasteiger charge is -2.28. The monoisotopic (exact) mass is 335 g/mol. The molecule has 9 heteroatoms. The smallest absolute Gasteiger partial charge is 0.260 e. The summed E-state index contributed by atoms with van der Waals surface area (Å²) in [5.74, 6) is 0.267. The molecule has 2 aliphatic rings. The van der Waals surface area contributed by atoms with Crippen LogP contribution in [0.4, 0.5) is 5.82 Å². The van der Waals surface area contributed by atoms with Gasteiger partial charge in [-0.2, -0.15) is 5.10 Å². The second kappa shape index (κ2) is 5.99. The molecule has 2 aliphatic heterocycles. The maximum atomic E-state index is 12.5. The number of allylic oxidation sites excluding steroid dienone is 2. The molecule has 3 rings (SSSR count). The first kappa shape index (κ1) is 15.5. The second-order valence-corrected chi connectivity index (χ2v) is 6.96. The fraction of sp³-hybridized carbons (Fsp3) is 0.357. The maximum Gasteiger partial charge on any atom is 0.260 e. The SMILES string of the molecule is CCCn1nccc1NC(=O)C1=CC=CN2CCS(=O)(=O)N=C12. The van der Waals surface area contributed by atoms with Gasteiger partial charge in [0.2, 0.25) is 0 Å². The molecular weight excluding hydrogens is 318 g/mol. The highest BCUT2D eigenvalue weighted by atomic mass is 32.2. The number of carbonyl (C=O) groups is 1. The van der Waals surface area contributed by atoms with Crippen molar-refractivity contribution < 1.29 is 13.2 Å². The summed E-state index contributed by atoms with van der Waals surface area (Å²) in [6.07, 6.45) is 7.47. The molecule has 0 atom stereocenters. The van der Waals surface area contributed by atoms with Crippen LogP contribution in [-0.2, 0) is 21.4 Å². The van der Waals surface area contributed by atoms with Gasteiger partial charge in [0.15, 0.2) is 5.84 Å². The van der Waals surface area contributed by atoms with E-state index >= 15 is 0 Å². The number of aryl methyl sites for hydroxylation is 1. The van der Waals surface area contributed by atoms with Gasteiger partial charge in [-0.15, -0.1) is 4.40 Å². The Bertz CT molecular complexity index is 819. The van der Waals surface area contributed by atoms with E-state index in [4.69, 9.17) is 0 Å². The van der Waals surface area contributed by atoms with E-state index in [-0.39, 0.29) is 23.7 Å². The molecule has 1 aromatic heterocycles. The predicted octanol–water partition coefficient (Wildman–Crippen LogP) is 0.729. The maximum absolute atomic E-state index is 12.5. The van der Waals surface area contributed by atoms with Crippen LogP contribution in [-0.4, -0.2) is 47.1 Å². The van der Waals surface area contributed by atoms with Crippen LogP contribution in [0.1, 0.15) is 13.3 Å². The summed E-state index contributed by atoms with van der Waals surface area (Å²) in [6.45, 7) is 2.99. The van der Waals surface area contributed by atoms with Crippen molar-refractivity contribution in [2.75, 3.05) is 17.6 Å². The van der Waals surface area contributed by atoms with Gasteiger partial charge >= 0.3 is 0 Å². The molecule has 0 radical (unpaired) electrons. The van der Waals surface area contributed by atoms with Gasteiger partial charge in [0, 0.05) is 25.4 Å². The number of nitrogens with one attached hydrogen (secondary N) is 1. The van der Waals surface area contributed by atoms with E-state index < -0.39 is 15.9 Å². The number of amidine groups is 1. The topological polar surface area (TPSA) is 96.7 Å². The number of amides is 1. The third kappa shape index (κ3) is 3.19. The van der Waals surface area contributed by atoms with Crippen LogP contribution in [0.3, 0.4) is 0 Å². The van der Waals surface area contributed by atoms with Crippen LogP contribution in [0.25, 0.3) is 0 Å². The van der Waals surface area contributed by atoms with Crippen molar-refractivity contribution in [3.05, 3.63) is 36.2 Å². The predicted molar refractivity (Wildman–Crippen MR) is 86.3 cm³/mol. The Morgan fingerprint density at radius 1 is 1.43 bits per heavy atom. The van der Waals surface area contributed by atoms with Crippen LogP contribution >= 0.6 is 0 Å². The molecular formula is C14H17N5O3S. The number of anilines is 1. The highest BCUT2D eigenvalue weighted by molar-refractivity contribution is 7.90. The van der Waals surface area contributed by atoms with E-state index in [1.165, 1.54) is 0 Å². The molecule has 8 nitrogen and oxygen atoms in total. The summed E-state index contributed by atoms with van der Waals surface area (Å²) >= 11 is 0. The Labute approximate surface area is 134 Å². The van der Waals surface area contributed by atoms with Gasteiger partial charge in [-0.3, -0.25) is 4.79 Å². The number of carbonyl (C=O) groups excluding carboxylic acids is 1. The summed E-state index contributed by atoms with van der Waals surface area (Å²) in [5, 5.41) is 6.90. The number of aromatic nitrogens is 2. The quantitative estimate of drug-likeness (QED) is 0.875. The van der Waals surface area contributed by atoms with Gasteiger partial charge in [0.1, 0.15) is 5.82 Å². The molecule has 0 bridgehead atoms. The largest absolute Gasteiger partial charge is 0.331 e. The number of fused-ring (bicyclic) bond motifs is 1. The van der Waals surface area contributed by atoms with Crippen LogP contribution in [0, 0.1) is 0 Å². The average molecular weight is 335 g/mol. The minimum Gasteiger partial charge on any atom is -0.331 e. The fourth-order valence-corrected chi connectivity index (χ4v) is 3.39. The molecule has 23 heavy (non-hydrogen) atoms. The van der Waals surface area contributed by atoms with E-state index in [0.29, 0.717) is 12.4 Å². The molecule has 0 saturated carbocycles. The van der Waals surface area contributed by atoms with Gasteiger partial charge in [0.05, 0.1) is 17.5 Å². The van der Waals surface area contributed by atoms with E-state index in [9.17, 15) is 13.2 Å². The minimum absolute atomic E-state index is 0.0565. The lowest BCUT2D eigenvalue weighted by molar-refractivity contribution is -0.112. The first-order valence-electron chi connectivity index (χ1n) is 7.31. The summed E-state index contributed by atoms with van der Waals surface area (Å²) in [4.78, 5) is 14.2. The number of sulfonamides is 1. The van der Waals surface area contributed by atoms with Crippen molar-refractivity contribution >= 4 is 27.6 Å². The molecule has 0 aliphatic carbocycles. The lowest BCUT2D eigenvalue weighted by atomic mass is 10.1. The number of nitrogens with zero attached hydrogens (tertiary/aromatic N) is 4. The molecule has 1 amide bonds. The van der Waals surface area contributed by atoms with E-state index in [1.54, 1.807) is 40.2 Å². The van der Waals surface area contributed by atoms with Gasteiger partial charge in [-0.05, 0) is 18.6 Å². The Morgan fingerprint density at radius 2 is 2.26 bits per heavy atom. The van der Waals surface area contributed by atoms with E-state index in [1.807, 2.05) is 6.92 Å². The molecule has 3 heterocycles. The van der Waals surface area contributed by atoms with Gasteiger partial charge in [-0.1, -0.05) is 6.92 Å². The van der Waals surface area contributed by atoms with Gasteiger partial charge < -0.3 is 10.2 Å². The molecule has 0 unspecified atom stereocenters. The molecule has 0 spiro atoms. The van der Waals surface area contributed by atoms with Crippen molar-refractivity contribution in [3.8, 4) is 0 Å². The van der Waals surface area contributed by atoms with Crippen molar-refractivity contribution in [3.63, 3.8) is 0 Å². The Balaban J connectivity index is 1.86. The third-order valence-corrected chi connectivity index (χ3v) is 4.65.